The predicted octanol–water partition coefficient (Wildman–Crippen LogP) is 4.04. The Morgan fingerprint density at radius 1 is 1.26 bits per heavy atom. The molecule has 5 nitrogen and oxygen atoms in total. The van der Waals surface area contributed by atoms with Crippen molar-refractivity contribution in [2.45, 2.75) is 44.7 Å². The molecule has 0 atom stereocenters. The normalized spacial score (nSPS) is 15.3. The van der Waals surface area contributed by atoms with Gasteiger partial charge in [-0.3, -0.25) is 4.79 Å². The molecule has 0 spiro atoms. The van der Waals surface area contributed by atoms with Gasteiger partial charge in [0.15, 0.2) is 5.13 Å². The number of nitrogens with one attached hydrogen (secondary N) is 1. The number of ketones is 1. The van der Waals surface area contributed by atoms with Crippen molar-refractivity contribution in [3.05, 3.63) is 39.8 Å². The zero-order valence-corrected chi connectivity index (χ0v) is 16.3. The van der Waals surface area contributed by atoms with Crippen molar-refractivity contribution < 1.29 is 13.6 Å². The quantitative estimate of drug-likeness (QED) is 0.724. The summed E-state index contributed by atoms with van der Waals surface area (Å²) in [6.45, 7) is 0.375. The Morgan fingerprint density at radius 2 is 1.89 bits per heavy atom. The van der Waals surface area contributed by atoms with Crippen LogP contribution >= 0.6 is 11.3 Å². The van der Waals surface area contributed by atoms with Gasteiger partial charge in [-0.25, -0.2) is 13.8 Å². The van der Waals surface area contributed by atoms with Crippen molar-refractivity contribution in [2.75, 3.05) is 25.1 Å². The molecule has 0 bridgehead atoms. The fraction of sp³-hybridized carbons (Fsp3) is 0.474. The SMILES string of the molecule is CN(C)Cc1cc(F)c(C(=O)c2sc(NC3CCCCC3)nc2N)c(F)c1. The van der Waals surface area contributed by atoms with Crippen LogP contribution in [-0.4, -0.2) is 35.8 Å². The smallest absolute Gasteiger partial charge is 0.212 e. The number of carbonyl (C=O) groups is 1. The van der Waals surface area contributed by atoms with Gasteiger partial charge in [-0.1, -0.05) is 30.6 Å². The molecular formula is C19H24F2N4OS. The van der Waals surface area contributed by atoms with Crippen LogP contribution in [-0.2, 0) is 6.54 Å². The molecule has 1 heterocycles. The minimum Gasteiger partial charge on any atom is -0.382 e. The first-order valence-electron chi connectivity index (χ1n) is 9.05. The third-order valence-electron chi connectivity index (χ3n) is 4.62. The van der Waals surface area contributed by atoms with E-state index in [1.54, 1.807) is 19.0 Å². The van der Waals surface area contributed by atoms with Crippen molar-refractivity contribution in [1.29, 1.82) is 0 Å². The van der Waals surface area contributed by atoms with Gasteiger partial charge in [0.05, 0.1) is 5.56 Å². The molecule has 1 fully saturated rings. The maximum Gasteiger partial charge on any atom is 0.212 e. The highest BCUT2D eigenvalue weighted by Crippen LogP contribution is 2.31. The molecule has 146 valence electrons. The molecule has 1 saturated carbocycles. The van der Waals surface area contributed by atoms with Gasteiger partial charge in [-0.2, -0.15) is 0 Å². The molecule has 3 N–H and O–H groups in total. The van der Waals surface area contributed by atoms with Crippen LogP contribution in [0.4, 0.5) is 19.7 Å². The summed E-state index contributed by atoms with van der Waals surface area (Å²) >= 11 is 1.05. The highest BCUT2D eigenvalue weighted by Gasteiger charge is 2.26. The van der Waals surface area contributed by atoms with Crippen molar-refractivity contribution in [2.24, 2.45) is 0 Å². The number of thiazole rings is 1. The molecule has 1 aromatic carbocycles. The van der Waals surface area contributed by atoms with Gasteiger partial charge >= 0.3 is 0 Å². The van der Waals surface area contributed by atoms with Crippen LogP contribution in [0.15, 0.2) is 12.1 Å². The Kier molecular flexibility index (Phi) is 6.06. The van der Waals surface area contributed by atoms with Crippen LogP contribution in [0.25, 0.3) is 0 Å². The van der Waals surface area contributed by atoms with E-state index in [9.17, 15) is 13.6 Å². The van der Waals surface area contributed by atoms with Crippen molar-refractivity contribution in [1.82, 2.24) is 9.88 Å². The molecule has 3 rings (SSSR count). The number of anilines is 2. The molecule has 0 aliphatic heterocycles. The first-order chi connectivity index (χ1) is 12.8. The summed E-state index contributed by atoms with van der Waals surface area (Å²) in [6, 6.07) is 2.68. The van der Waals surface area contributed by atoms with Crippen LogP contribution < -0.4 is 11.1 Å². The summed E-state index contributed by atoms with van der Waals surface area (Å²) < 4.78 is 28.9. The van der Waals surface area contributed by atoms with Gasteiger partial charge < -0.3 is 16.0 Å². The molecule has 0 saturated heterocycles. The number of aromatic nitrogens is 1. The Hall–Kier alpha value is -2.06. The number of nitrogens with two attached hydrogens (primary N) is 1. The number of hydrogen-bond donors (Lipinski definition) is 2. The first-order valence-corrected chi connectivity index (χ1v) is 9.87. The largest absolute Gasteiger partial charge is 0.382 e. The Balaban J connectivity index is 1.83. The maximum absolute atomic E-state index is 14.5. The first kappa shape index (κ1) is 19.7. The molecule has 1 aliphatic rings. The Labute approximate surface area is 161 Å². The molecule has 27 heavy (non-hydrogen) atoms. The molecule has 1 aromatic heterocycles. The molecule has 0 radical (unpaired) electrons. The molecule has 1 aliphatic carbocycles. The van der Waals surface area contributed by atoms with E-state index >= 15 is 0 Å². The number of nitrogen functional groups attached to an aromatic ring is 1. The number of nitrogens with zero attached hydrogens (tertiary/aromatic N) is 2. The highest BCUT2D eigenvalue weighted by atomic mass is 32.1. The van der Waals surface area contributed by atoms with E-state index in [0.717, 1.165) is 37.0 Å². The van der Waals surface area contributed by atoms with Crippen LogP contribution in [0, 0.1) is 11.6 Å². The topological polar surface area (TPSA) is 71.2 Å². The van der Waals surface area contributed by atoms with E-state index in [0.29, 0.717) is 23.3 Å². The zero-order valence-electron chi connectivity index (χ0n) is 15.5. The number of halogens is 2. The summed E-state index contributed by atoms with van der Waals surface area (Å²) in [7, 11) is 3.60. The summed E-state index contributed by atoms with van der Waals surface area (Å²) in [6.07, 6.45) is 5.61. The number of benzene rings is 1. The second kappa shape index (κ2) is 8.31. The maximum atomic E-state index is 14.5. The number of hydrogen-bond acceptors (Lipinski definition) is 6. The minimum absolute atomic E-state index is 0.000484. The van der Waals surface area contributed by atoms with E-state index in [2.05, 4.69) is 10.3 Å². The second-order valence-electron chi connectivity index (χ2n) is 7.21. The van der Waals surface area contributed by atoms with Gasteiger partial charge in [0.1, 0.15) is 22.3 Å². The monoisotopic (exact) mass is 394 g/mol. The van der Waals surface area contributed by atoms with E-state index in [-0.39, 0.29) is 10.7 Å². The average molecular weight is 394 g/mol. The lowest BCUT2D eigenvalue weighted by Gasteiger charge is -2.22. The summed E-state index contributed by atoms with van der Waals surface area (Å²) in [5, 5.41) is 3.81. The van der Waals surface area contributed by atoms with Crippen molar-refractivity contribution in [3.63, 3.8) is 0 Å². The highest BCUT2D eigenvalue weighted by molar-refractivity contribution is 7.18. The lowest BCUT2D eigenvalue weighted by Crippen LogP contribution is -2.22. The van der Waals surface area contributed by atoms with E-state index < -0.39 is 23.0 Å². The van der Waals surface area contributed by atoms with Gasteiger partial charge in [0.25, 0.3) is 0 Å². The zero-order chi connectivity index (χ0) is 19.6. The third kappa shape index (κ3) is 4.62. The fourth-order valence-electron chi connectivity index (χ4n) is 3.39. The number of rotatable bonds is 6. The lowest BCUT2D eigenvalue weighted by atomic mass is 9.96. The van der Waals surface area contributed by atoms with Crippen LogP contribution in [0.3, 0.4) is 0 Å². The summed E-state index contributed by atoms with van der Waals surface area (Å²) in [4.78, 5) is 18.8. The van der Waals surface area contributed by atoms with Gasteiger partial charge in [0, 0.05) is 12.6 Å². The second-order valence-corrected chi connectivity index (χ2v) is 8.21. The van der Waals surface area contributed by atoms with Gasteiger partial charge in [0.2, 0.25) is 5.78 Å². The van der Waals surface area contributed by atoms with Crippen molar-refractivity contribution in [3.8, 4) is 0 Å². The summed E-state index contributed by atoms with van der Waals surface area (Å²) in [5.41, 5.74) is 5.74. The van der Waals surface area contributed by atoms with E-state index in [1.807, 2.05) is 0 Å². The Morgan fingerprint density at radius 3 is 2.48 bits per heavy atom. The standard InChI is InChI=1S/C19H24F2N4OS/c1-25(2)10-11-8-13(20)15(14(21)9-11)16(26)17-18(22)24-19(27-17)23-12-6-4-3-5-7-12/h8-9,12H,3-7,10,22H2,1-2H3,(H,23,24). The fourth-order valence-corrected chi connectivity index (χ4v) is 4.30. The van der Waals surface area contributed by atoms with Crippen molar-refractivity contribution >= 4 is 28.1 Å². The van der Waals surface area contributed by atoms with Crippen LogP contribution in [0.2, 0.25) is 0 Å². The third-order valence-corrected chi connectivity index (χ3v) is 5.62. The predicted molar refractivity (Wildman–Crippen MR) is 104 cm³/mol. The molecule has 2 aromatic rings. The molecule has 0 amide bonds. The molecular weight excluding hydrogens is 370 g/mol. The molecule has 0 unspecified atom stereocenters. The van der Waals surface area contributed by atoms with Gasteiger partial charge in [-0.05, 0) is 44.6 Å². The molecule has 8 heteroatoms. The van der Waals surface area contributed by atoms with Crippen LogP contribution in [0.5, 0.6) is 0 Å². The van der Waals surface area contributed by atoms with Gasteiger partial charge in [-0.15, -0.1) is 0 Å². The summed E-state index contributed by atoms with van der Waals surface area (Å²) in [5.74, 6) is -2.54. The average Bonchev–Trinajstić information content (AvgIpc) is 2.94. The number of carbonyl (C=O) groups excluding carboxylic acids is 1. The lowest BCUT2D eigenvalue weighted by molar-refractivity contribution is 0.103. The van der Waals surface area contributed by atoms with Crippen LogP contribution in [0.1, 0.15) is 52.9 Å². The van der Waals surface area contributed by atoms with E-state index in [1.165, 1.54) is 18.6 Å². The minimum atomic E-state index is -0.883. The van der Waals surface area contributed by atoms with E-state index in [4.69, 9.17) is 5.73 Å². The Bertz CT molecular complexity index is 808.